The third kappa shape index (κ3) is 2.28. The third-order valence-electron chi connectivity index (χ3n) is 2.23. The van der Waals surface area contributed by atoms with Crippen LogP contribution in [0.3, 0.4) is 0 Å². The van der Waals surface area contributed by atoms with Gasteiger partial charge in [0.25, 0.3) is 0 Å². The summed E-state index contributed by atoms with van der Waals surface area (Å²) in [5.41, 5.74) is 6.61. The summed E-state index contributed by atoms with van der Waals surface area (Å²) in [5.74, 6) is 1.22. The first kappa shape index (κ1) is 10.4. The molecule has 0 aromatic carbocycles. The van der Waals surface area contributed by atoms with E-state index in [0.717, 1.165) is 17.9 Å². The highest BCUT2D eigenvalue weighted by molar-refractivity contribution is 5.38. The van der Waals surface area contributed by atoms with Crippen molar-refractivity contribution >= 4 is 11.6 Å². The number of nitrogens with zero attached hydrogens (tertiary/aromatic N) is 5. The lowest BCUT2D eigenvalue weighted by molar-refractivity contribution is 0.766. The van der Waals surface area contributed by atoms with Gasteiger partial charge in [-0.3, -0.25) is 4.68 Å². The Labute approximate surface area is 93.7 Å². The number of aromatic nitrogens is 4. The highest BCUT2D eigenvalue weighted by atomic mass is 15.2. The number of rotatable bonds is 3. The Hall–Kier alpha value is -2.11. The van der Waals surface area contributed by atoms with E-state index < -0.39 is 0 Å². The summed E-state index contributed by atoms with van der Waals surface area (Å²) >= 11 is 0. The van der Waals surface area contributed by atoms with Gasteiger partial charge in [0.1, 0.15) is 11.6 Å². The van der Waals surface area contributed by atoms with Crippen LogP contribution < -0.4 is 10.6 Å². The fourth-order valence-corrected chi connectivity index (χ4v) is 1.44. The fraction of sp³-hybridized carbons (Fsp3) is 0.300. The minimum absolute atomic E-state index is 0.429. The third-order valence-corrected chi connectivity index (χ3v) is 2.23. The molecule has 84 valence electrons. The van der Waals surface area contributed by atoms with Gasteiger partial charge in [-0.1, -0.05) is 0 Å². The van der Waals surface area contributed by atoms with Crippen LogP contribution in [0.2, 0.25) is 0 Å². The zero-order valence-electron chi connectivity index (χ0n) is 9.33. The quantitative estimate of drug-likeness (QED) is 0.808. The molecule has 0 radical (unpaired) electrons. The van der Waals surface area contributed by atoms with Gasteiger partial charge in [-0.15, -0.1) is 0 Å². The number of hydrogen-bond donors (Lipinski definition) is 1. The first-order valence-corrected chi connectivity index (χ1v) is 4.91. The molecule has 0 aliphatic rings. The van der Waals surface area contributed by atoms with Gasteiger partial charge in [0.2, 0.25) is 0 Å². The second-order valence-corrected chi connectivity index (χ2v) is 3.68. The smallest absolute Gasteiger partial charge is 0.147 e. The Kier molecular flexibility index (Phi) is 2.72. The van der Waals surface area contributed by atoms with Gasteiger partial charge in [0.05, 0.1) is 18.6 Å². The van der Waals surface area contributed by atoms with Crippen molar-refractivity contribution in [3.63, 3.8) is 0 Å². The van der Waals surface area contributed by atoms with Gasteiger partial charge in [-0.2, -0.15) is 5.10 Å². The Bertz CT molecular complexity index is 460. The Balaban J connectivity index is 2.08. The van der Waals surface area contributed by atoms with Gasteiger partial charge in [-0.05, 0) is 0 Å². The zero-order valence-corrected chi connectivity index (χ0v) is 9.33. The molecule has 0 saturated carbocycles. The molecule has 0 fully saturated rings. The maximum atomic E-state index is 5.48. The number of nitrogen functional groups attached to an aromatic ring is 1. The van der Waals surface area contributed by atoms with E-state index in [-0.39, 0.29) is 0 Å². The van der Waals surface area contributed by atoms with Crippen LogP contribution in [0.4, 0.5) is 11.6 Å². The zero-order chi connectivity index (χ0) is 11.5. The van der Waals surface area contributed by atoms with Crippen molar-refractivity contribution in [2.24, 2.45) is 7.05 Å². The summed E-state index contributed by atoms with van der Waals surface area (Å²) in [7, 11) is 3.85. The molecule has 2 heterocycles. The molecule has 0 amide bonds. The van der Waals surface area contributed by atoms with Crippen molar-refractivity contribution in [2.75, 3.05) is 17.7 Å². The van der Waals surface area contributed by atoms with Crippen LogP contribution in [-0.4, -0.2) is 26.8 Å². The summed E-state index contributed by atoms with van der Waals surface area (Å²) < 4.78 is 1.78. The molecule has 0 aliphatic heterocycles. The summed E-state index contributed by atoms with van der Waals surface area (Å²) in [6.07, 6.45) is 7.02. The van der Waals surface area contributed by atoms with Gasteiger partial charge in [0.15, 0.2) is 0 Å². The average Bonchev–Trinajstić information content (AvgIpc) is 2.65. The molecular weight excluding hydrogens is 204 g/mol. The van der Waals surface area contributed by atoms with Crippen LogP contribution in [0.15, 0.2) is 24.8 Å². The molecule has 0 bridgehead atoms. The number of aryl methyl sites for hydroxylation is 1. The lowest BCUT2D eigenvalue weighted by atomic mass is 10.3. The van der Waals surface area contributed by atoms with E-state index in [1.807, 2.05) is 31.4 Å². The van der Waals surface area contributed by atoms with Gasteiger partial charge < -0.3 is 10.6 Å². The minimum atomic E-state index is 0.429. The first-order valence-electron chi connectivity index (χ1n) is 4.91. The molecule has 6 nitrogen and oxygen atoms in total. The van der Waals surface area contributed by atoms with Crippen molar-refractivity contribution in [3.8, 4) is 0 Å². The summed E-state index contributed by atoms with van der Waals surface area (Å²) in [4.78, 5) is 10.2. The molecule has 0 spiro atoms. The second kappa shape index (κ2) is 4.18. The lowest BCUT2D eigenvalue weighted by Gasteiger charge is -2.16. The molecule has 2 N–H and O–H groups in total. The largest absolute Gasteiger partial charge is 0.382 e. The van der Waals surface area contributed by atoms with Crippen LogP contribution in [0.1, 0.15) is 5.56 Å². The SMILES string of the molecule is CN(Cc1cnn(C)c1)c1cnc(N)cn1. The fourth-order valence-electron chi connectivity index (χ4n) is 1.44. The van der Waals surface area contributed by atoms with E-state index in [0.29, 0.717) is 5.82 Å². The van der Waals surface area contributed by atoms with Gasteiger partial charge in [0, 0.05) is 32.4 Å². The molecular formula is C10H14N6. The predicted molar refractivity (Wildman–Crippen MR) is 61.8 cm³/mol. The number of anilines is 2. The van der Waals surface area contributed by atoms with Crippen molar-refractivity contribution in [1.29, 1.82) is 0 Å². The molecule has 2 rings (SSSR count). The van der Waals surface area contributed by atoms with E-state index in [9.17, 15) is 0 Å². The van der Waals surface area contributed by atoms with Crippen LogP contribution in [-0.2, 0) is 13.6 Å². The normalized spacial score (nSPS) is 10.4. The van der Waals surface area contributed by atoms with E-state index in [1.165, 1.54) is 0 Å². The predicted octanol–water partition coefficient (Wildman–Crippen LogP) is 0.429. The monoisotopic (exact) mass is 218 g/mol. The summed E-state index contributed by atoms with van der Waals surface area (Å²) in [6, 6.07) is 0. The van der Waals surface area contributed by atoms with Crippen molar-refractivity contribution in [3.05, 3.63) is 30.4 Å². The van der Waals surface area contributed by atoms with Gasteiger partial charge >= 0.3 is 0 Å². The first-order chi connectivity index (χ1) is 7.65. The van der Waals surface area contributed by atoms with Crippen LogP contribution in [0.5, 0.6) is 0 Å². The highest BCUT2D eigenvalue weighted by Gasteiger charge is 2.05. The van der Waals surface area contributed by atoms with Crippen LogP contribution in [0.25, 0.3) is 0 Å². The molecule has 0 aliphatic carbocycles. The summed E-state index contributed by atoms with van der Waals surface area (Å²) in [5, 5.41) is 4.11. The lowest BCUT2D eigenvalue weighted by Crippen LogP contribution is -2.17. The molecule has 6 heteroatoms. The summed E-state index contributed by atoms with van der Waals surface area (Å²) in [6.45, 7) is 0.742. The topological polar surface area (TPSA) is 72.9 Å². The number of hydrogen-bond acceptors (Lipinski definition) is 5. The van der Waals surface area contributed by atoms with Crippen molar-refractivity contribution < 1.29 is 0 Å². The van der Waals surface area contributed by atoms with Crippen LogP contribution >= 0.6 is 0 Å². The molecule has 16 heavy (non-hydrogen) atoms. The average molecular weight is 218 g/mol. The standard InChI is InChI=1S/C10H14N6/c1-15(6-8-3-14-16(2)7-8)10-5-12-9(11)4-13-10/h3-5,7H,6H2,1-2H3,(H2,11,12). The highest BCUT2D eigenvalue weighted by Crippen LogP contribution is 2.11. The molecule has 0 unspecified atom stereocenters. The minimum Gasteiger partial charge on any atom is -0.382 e. The molecule has 2 aromatic rings. The maximum Gasteiger partial charge on any atom is 0.147 e. The molecule has 0 atom stereocenters. The van der Waals surface area contributed by atoms with E-state index >= 15 is 0 Å². The Morgan fingerprint density at radius 1 is 1.31 bits per heavy atom. The Morgan fingerprint density at radius 3 is 2.69 bits per heavy atom. The van der Waals surface area contributed by atoms with E-state index in [4.69, 9.17) is 5.73 Å². The maximum absolute atomic E-state index is 5.48. The number of nitrogens with two attached hydrogens (primary N) is 1. The molecule has 2 aromatic heterocycles. The Morgan fingerprint density at radius 2 is 2.12 bits per heavy atom. The van der Waals surface area contributed by atoms with Crippen molar-refractivity contribution in [1.82, 2.24) is 19.7 Å². The van der Waals surface area contributed by atoms with Gasteiger partial charge in [-0.25, -0.2) is 9.97 Å². The van der Waals surface area contributed by atoms with E-state index in [2.05, 4.69) is 15.1 Å². The molecule has 0 saturated heterocycles. The second-order valence-electron chi connectivity index (χ2n) is 3.68. The van der Waals surface area contributed by atoms with E-state index in [1.54, 1.807) is 17.1 Å². The van der Waals surface area contributed by atoms with Crippen molar-refractivity contribution in [2.45, 2.75) is 6.54 Å². The van der Waals surface area contributed by atoms with Crippen LogP contribution in [0, 0.1) is 0 Å².